The smallest absolute Gasteiger partial charge is 0.177 e. The molecule has 0 fully saturated rings. The molecule has 0 aliphatic carbocycles. The Hall–Kier alpha value is -0.960. The van der Waals surface area contributed by atoms with Crippen LogP contribution in [0.25, 0.3) is 0 Å². The number of carbonyl (C=O) groups excluding carboxylic acids is 1. The van der Waals surface area contributed by atoms with Crippen LogP contribution in [0.1, 0.15) is 10.4 Å². The van der Waals surface area contributed by atoms with Gasteiger partial charge in [-0.25, -0.2) is 0 Å². The van der Waals surface area contributed by atoms with Crippen LogP contribution in [-0.4, -0.2) is 11.7 Å². The minimum absolute atomic E-state index is 0.0109. The number of ketones is 1. The lowest BCUT2D eigenvalue weighted by Gasteiger charge is -2.04. The van der Waals surface area contributed by atoms with Crippen molar-refractivity contribution in [1.29, 1.82) is 0 Å². The number of carbonyl (C=O) groups is 1. The number of benzene rings is 2. The largest absolute Gasteiger partial charge is 0.293 e. The zero-order valence-corrected chi connectivity index (χ0v) is 11.7. The Labute approximate surface area is 120 Å². The van der Waals surface area contributed by atoms with Gasteiger partial charge in [0.2, 0.25) is 0 Å². The maximum Gasteiger partial charge on any atom is 0.177 e. The topological polar surface area (TPSA) is 17.1 Å². The molecule has 1 nitrogen and oxygen atoms in total. The highest BCUT2D eigenvalue weighted by molar-refractivity contribution is 7.99. The fraction of sp³-hybridized carbons (Fsp3) is 0.0714. The van der Waals surface area contributed by atoms with Gasteiger partial charge in [-0.1, -0.05) is 47.6 Å². The van der Waals surface area contributed by atoms with Gasteiger partial charge in [0.15, 0.2) is 5.78 Å². The summed E-state index contributed by atoms with van der Waals surface area (Å²) in [5.74, 6) is -0.0530. The molecule has 18 heavy (non-hydrogen) atoms. The summed E-state index contributed by atoms with van der Waals surface area (Å²) >= 11 is 13.2. The molecular weight excluding hydrogens is 287 g/mol. The van der Waals surface area contributed by atoms with Crippen molar-refractivity contribution >= 4 is 40.7 Å². The molecule has 0 saturated carbocycles. The lowest BCUT2D eigenvalue weighted by molar-refractivity contribution is 0.102. The van der Waals surface area contributed by atoms with Crippen molar-refractivity contribution in [2.75, 3.05) is 5.88 Å². The fourth-order valence-electron chi connectivity index (χ4n) is 1.44. The third-order valence-corrected chi connectivity index (χ3v) is 4.13. The summed E-state index contributed by atoms with van der Waals surface area (Å²) in [6, 6.07) is 15.0. The first kappa shape index (κ1) is 13.5. The highest BCUT2D eigenvalue weighted by atomic mass is 35.5. The van der Waals surface area contributed by atoms with E-state index in [4.69, 9.17) is 23.2 Å². The lowest BCUT2D eigenvalue weighted by atomic mass is 10.1. The van der Waals surface area contributed by atoms with E-state index >= 15 is 0 Å². The Morgan fingerprint density at radius 2 is 1.72 bits per heavy atom. The summed E-state index contributed by atoms with van der Waals surface area (Å²) in [5.41, 5.74) is 0.633. The predicted molar refractivity (Wildman–Crippen MR) is 77.1 cm³/mol. The van der Waals surface area contributed by atoms with Gasteiger partial charge in [-0.05, 0) is 24.3 Å². The first-order valence-corrected chi connectivity index (χ1v) is 7.05. The van der Waals surface area contributed by atoms with Crippen LogP contribution < -0.4 is 0 Å². The highest BCUT2D eigenvalue weighted by Crippen LogP contribution is 2.32. The molecule has 0 aromatic heterocycles. The first-order valence-electron chi connectivity index (χ1n) is 5.32. The molecule has 0 amide bonds. The van der Waals surface area contributed by atoms with E-state index in [1.807, 2.05) is 36.4 Å². The van der Waals surface area contributed by atoms with Crippen LogP contribution in [0.3, 0.4) is 0 Å². The Kier molecular flexibility index (Phi) is 4.70. The van der Waals surface area contributed by atoms with Gasteiger partial charge < -0.3 is 0 Å². The van der Waals surface area contributed by atoms with Gasteiger partial charge in [0.25, 0.3) is 0 Å². The fourth-order valence-corrected chi connectivity index (χ4v) is 2.68. The summed E-state index contributed by atoms with van der Waals surface area (Å²) in [5, 5.41) is 0.725. The zero-order chi connectivity index (χ0) is 13.0. The van der Waals surface area contributed by atoms with Crippen molar-refractivity contribution in [3.8, 4) is 0 Å². The van der Waals surface area contributed by atoms with Crippen LogP contribution in [0.4, 0.5) is 0 Å². The van der Waals surface area contributed by atoms with Crippen LogP contribution in [0, 0.1) is 0 Å². The van der Waals surface area contributed by atoms with Gasteiger partial charge in [0.1, 0.15) is 0 Å². The standard InChI is InChI=1S/C14H10Cl2OS/c15-9-13(17)10-5-7-11(8-6-10)18-14-4-2-1-3-12(14)16/h1-8H,9H2. The molecule has 0 aliphatic rings. The van der Waals surface area contributed by atoms with Crippen molar-refractivity contribution in [3.63, 3.8) is 0 Å². The average Bonchev–Trinajstić information content (AvgIpc) is 2.41. The molecule has 0 N–H and O–H groups in total. The van der Waals surface area contributed by atoms with Gasteiger partial charge in [0, 0.05) is 15.4 Å². The molecule has 2 aromatic rings. The molecule has 2 rings (SSSR count). The molecule has 0 heterocycles. The van der Waals surface area contributed by atoms with E-state index in [1.54, 1.807) is 23.9 Å². The maximum absolute atomic E-state index is 11.4. The van der Waals surface area contributed by atoms with E-state index in [-0.39, 0.29) is 11.7 Å². The molecule has 92 valence electrons. The van der Waals surface area contributed by atoms with Crippen molar-refractivity contribution in [2.24, 2.45) is 0 Å². The Morgan fingerprint density at radius 1 is 1.06 bits per heavy atom. The van der Waals surface area contributed by atoms with E-state index in [2.05, 4.69) is 0 Å². The molecule has 2 aromatic carbocycles. The van der Waals surface area contributed by atoms with Crippen LogP contribution in [0.15, 0.2) is 58.3 Å². The number of hydrogen-bond acceptors (Lipinski definition) is 2. The number of Topliss-reactive ketones (excluding diaryl/α,β-unsaturated/α-hetero) is 1. The molecule has 0 spiro atoms. The average molecular weight is 297 g/mol. The van der Waals surface area contributed by atoms with Crippen LogP contribution in [0.2, 0.25) is 5.02 Å². The van der Waals surface area contributed by atoms with Crippen molar-refractivity contribution in [3.05, 3.63) is 59.1 Å². The molecule has 4 heteroatoms. The van der Waals surface area contributed by atoms with E-state index < -0.39 is 0 Å². The monoisotopic (exact) mass is 296 g/mol. The normalized spacial score (nSPS) is 10.3. The molecule has 0 aliphatic heterocycles. The second-order valence-electron chi connectivity index (χ2n) is 3.61. The number of halogens is 2. The third kappa shape index (κ3) is 3.29. The Bertz CT molecular complexity index is 552. The van der Waals surface area contributed by atoms with Crippen LogP contribution >= 0.6 is 35.0 Å². The summed E-state index contributed by atoms with van der Waals surface area (Å²) in [6.45, 7) is 0. The van der Waals surface area contributed by atoms with Crippen molar-refractivity contribution < 1.29 is 4.79 Å². The molecule has 0 unspecified atom stereocenters. The Morgan fingerprint density at radius 3 is 2.33 bits per heavy atom. The van der Waals surface area contributed by atoms with E-state index in [0.717, 1.165) is 14.8 Å². The number of rotatable bonds is 4. The van der Waals surface area contributed by atoms with E-state index in [9.17, 15) is 4.79 Å². The second kappa shape index (κ2) is 6.28. The summed E-state index contributed by atoms with van der Waals surface area (Å²) in [6.07, 6.45) is 0. The minimum atomic E-state index is -0.0639. The first-order chi connectivity index (χ1) is 8.70. The van der Waals surface area contributed by atoms with E-state index in [0.29, 0.717) is 5.56 Å². The second-order valence-corrected chi connectivity index (χ2v) is 5.40. The van der Waals surface area contributed by atoms with Crippen molar-refractivity contribution in [1.82, 2.24) is 0 Å². The third-order valence-electron chi connectivity index (χ3n) is 2.36. The maximum atomic E-state index is 11.4. The Balaban J connectivity index is 2.16. The van der Waals surface area contributed by atoms with Gasteiger partial charge in [-0.2, -0.15) is 0 Å². The highest BCUT2D eigenvalue weighted by Gasteiger charge is 2.05. The number of alkyl halides is 1. The summed E-state index contributed by atoms with van der Waals surface area (Å²) in [7, 11) is 0. The SMILES string of the molecule is O=C(CCl)c1ccc(Sc2ccccc2Cl)cc1. The van der Waals surface area contributed by atoms with Gasteiger partial charge in [-0.15, -0.1) is 11.6 Å². The number of hydrogen-bond donors (Lipinski definition) is 0. The zero-order valence-electron chi connectivity index (χ0n) is 9.40. The summed E-state index contributed by atoms with van der Waals surface area (Å²) < 4.78 is 0. The van der Waals surface area contributed by atoms with Gasteiger partial charge >= 0.3 is 0 Å². The van der Waals surface area contributed by atoms with Crippen LogP contribution in [-0.2, 0) is 0 Å². The van der Waals surface area contributed by atoms with Gasteiger partial charge in [0.05, 0.1) is 10.9 Å². The van der Waals surface area contributed by atoms with Gasteiger partial charge in [-0.3, -0.25) is 4.79 Å². The van der Waals surface area contributed by atoms with Crippen molar-refractivity contribution in [2.45, 2.75) is 9.79 Å². The predicted octanol–water partition coefficient (Wildman–Crippen LogP) is 4.91. The molecule has 0 saturated heterocycles. The lowest BCUT2D eigenvalue weighted by Crippen LogP contribution is -1.99. The minimum Gasteiger partial charge on any atom is -0.293 e. The van der Waals surface area contributed by atoms with E-state index in [1.165, 1.54) is 0 Å². The quantitative estimate of drug-likeness (QED) is 0.589. The van der Waals surface area contributed by atoms with Crippen LogP contribution in [0.5, 0.6) is 0 Å². The summed E-state index contributed by atoms with van der Waals surface area (Å²) in [4.78, 5) is 13.4. The molecule has 0 bridgehead atoms. The molecule has 0 atom stereocenters. The molecular formula is C14H10Cl2OS. The molecule has 0 radical (unpaired) electrons.